The van der Waals surface area contributed by atoms with Crippen molar-refractivity contribution >= 4 is 23.3 Å². The molecule has 0 spiro atoms. The molecule has 1 aromatic carbocycles. The summed E-state index contributed by atoms with van der Waals surface area (Å²) >= 11 is 0. The molecule has 106 valence electrons. The Labute approximate surface area is 118 Å². The Morgan fingerprint density at radius 3 is 2.57 bits per heavy atom. The van der Waals surface area contributed by atoms with Gasteiger partial charge in [-0.2, -0.15) is 0 Å². The molecule has 2 rings (SSSR count). The standard InChI is InChI=1S/C13H9N3O5/c17-12(15-8-2-1-5-14-7-8)11-6-9(16(20)21)3-4-10(11)13(18)19/h1-7H,(H,15,17)(H,18,19). The summed E-state index contributed by atoms with van der Waals surface area (Å²) in [5.74, 6) is -2.11. The largest absolute Gasteiger partial charge is 0.478 e. The summed E-state index contributed by atoms with van der Waals surface area (Å²) in [5.41, 5.74) is -0.621. The van der Waals surface area contributed by atoms with Crippen molar-refractivity contribution in [3.63, 3.8) is 0 Å². The van der Waals surface area contributed by atoms with Gasteiger partial charge in [0.1, 0.15) is 0 Å². The zero-order chi connectivity index (χ0) is 15.4. The first-order valence-electron chi connectivity index (χ1n) is 5.72. The lowest BCUT2D eigenvalue weighted by Gasteiger charge is -2.07. The fraction of sp³-hybridized carbons (Fsp3) is 0. The quantitative estimate of drug-likeness (QED) is 0.654. The average Bonchev–Trinajstić information content (AvgIpc) is 2.47. The molecule has 0 fully saturated rings. The number of carbonyl (C=O) groups excluding carboxylic acids is 1. The number of carbonyl (C=O) groups is 2. The van der Waals surface area contributed by atoms with Crippen molar-refractivity contribution in [2.45, 2.75) is 0 Å². The minimum atomic E-state index is -1.35. The van der Waals surface area contributed by atoms with Gasteiger partial charge in [-0.3, -0.25) is 19.9 Å². The van der Waals surface area contributed by atoms with Crippen LogP contribution in [0.2, 0.25) is 0 Å². The van der Waals surface area contributed by atoms with Crippen molar-refractivity contribution in [3.8, 4) is 0 Å². The molecule has 1 aromatic heterocycles. The lowest BCUT2D eigenvalue weighted by atomic mass is 10.1. The van der Waals surface area contributed by atoms with Crippen molar-refractivity contribution in [2.24, 2.45) is 0 Å². The number of anilines is 1. The van der Waals surface area contributed by atoms with E-state index in [1.165, 1.54) is 12.4 Å². The van der Waals surface area contributed by atoms with Crippen molar-refractivity contribution in [1.29, 1.82) is 0 Å². The molecule has 0 unspecified atom stereocenters. The predicted molar refractivity (Wildman–Crippen MR) is 72.2 cm³/mol. The van der Waals surface area contributed by atoms with E-state index < -0.39 is 16.8 Å². The Morgan fingerprint density at radius 2 is 2.00 bits per heavy atom. The third kappa shape index (κ3) is 3.18. The molecule has 0 aliphatic rings. The number of nitrogens with one attached hydrogen (secondary N) is 1. The van der Waals surface area contributed by atoms with E-state index in [1.807, 2.05) is 0 Å². The number of aromatic nitrogens is 1. The minimum Gasteiger partial charge on any atom is -0.478 e. The number of hydrogen-bond acceptors (Lipinski definition) is 5. The Morgan fingerprint density at radius 1 is 1.24 bits per heavy atom. The van der Waals surface area contributed by atoms with Gasteiger partial charge in [-0.05, 0) is 18.2 Å². The van der Waals surface area contributed by atoms with E-state index in [0.717, 1.165) is 18.2 Å². The second-order valence-electron chi connectivity index (χ2n) is 3.99. The number of amides is 1. The van der Waals surface area contributed by atoms with Gasteiger partial charge in [0.2, 0.25) is 0 Å². The Kier molecular flexibility index (Phi) is 3.89. The first-order valence-corrected chi connectivity index (χ1v) is 5.72. The van der Waals surface area contributed by atoms with Gasteiger partial charge in [0, 0.05) is 18.3 Å². The topological polar surface area (TPSA) is 122 Å². The van der Waals surface area contributed by atoms with Gasteiger partial charge in [-0.1, -0.05) is 0 Å². The van der Waals surface area contributed by atoms with Crippen LogP contribution in [0.15, 0.2) is 42.7 Å². The third-order valence-corrected chi connectivity index (χ3v) is 2.61. The van der Waals surface area contributed by atoms with E-state index in [1.54, 1.807) is 12.1 Å². The SMILES string of the molecule is O=C(O)c1ccc([N+](=O)[O-])cc1C(=O)Nc1cccnc1. The van der Waals surface area contributed by atoms with Gasteiger partial charge in [0.05, 0.1) is 27.9 Å². The smallest absolute Gasteiger partial charge is 0.336 e. The molecule has 2 aromatic rings. The van der Waals surface area contributed by atoms with Crippen LogP contribution in [0.1, 0.15) is 20.7 Å². The molecule has 0 atom stereocenters. The average molecular weight is 287 g/mol. The monoisotopic (exact) mass is 287 g/mol. The van der Waals surface area contributed by atoms with Crippen molar-refractivity contribution < 1.29 is 19.6 Å². The number of nitrogens with zero attached hydrogens (tertiary/aromatic N) is 2. The predicted octanol–water partition coefficient (Wildman–Crippen LogP) is 1.94. The number of pyridine rings is 1. The Hall–Kier alpha value is -3.29. The number of carboxylic acids is 1. The van der Waals surface area contributed by atoms with Crippen molar-refractivity contribution in [3.05, 3.63) is 64.0 Å². The maximum atomic E-state index is 12.1. The van der Waals surface area contributed by atoms with E-state index >= 15 is 0 Å². The van der Waals surface area contributed by atoms with Crippen LogP contribution < -0.4 is 5.32 Å². The highest BCUT2D eigenvalue weighted by atomic mass is 16.6. The van der Waals surface area contributed by atoms with Crippen LogP contribution >= 0.6 is 0 Å². The van der Waals surface area contributed by atoms with Crippen LogP contribution in [0.4, 0.5) is 11.4 Å². The number of non-ortho nitro benzene ring substituents is 1. The highest BCUT2D eigenvalue weighted by molar-refractivity contribution is 6.11. The number of aromatic carboxylic acids is 1. The number of rotatable bonds is 4. The summed E-state index contributed by atoms with van der Waals surface area (Å²) in [6, 6.07) is 6.13. The number of carboxylic acid groups (broad SMARTS) is 1. The highest BCUT2D eigenvalue weighted by Crippen LogP contribution is 2.19. The van der Waals surface area contributed by atoms with Gasteiger partial charge in [0.15, 0.2) is 0 Å². The first kappa shape index (κ1) is 14.1. The molecular formula is C13H9N3O5. The summed E-state index contributed by atoms with van der Waals surface area (Å²) in [4.78, 5) is 37.0. The number of benzene rings is 1. The molecule has 0 saturated heterocycles. The van der Waals surface area contributed by atoms with Crippen LogP contribution in [0, 0.1) is 10.1 Å². The highest BCUT2D eigenvalue weighted by Gasteiger charge is 2.20. The van der Waals surface area contributed by atoms with Gasteiger partial charge in [-0.15, -0.1) is 0 Å². The van der Waals surface area contributed by atoms with Crippen LogP contribution in [0.3, 0.4) is 0 Å². The first-order chi connectivity index (χ1) is 9.99. The second kappa shape index (κ2) is 5.78. The molecule has 0 radical (unpaired) electrons. The molecule has 2 N–H and O–H groups in total. The Bertz CT molecular complexity index is 715. The van der Waals surface area contributed by atoms with E-state index in [-0.39, 0.29) is 16.8 Å². The third-order valence-electron chi connectivity index (χ3n) is 2.61. The molecular weight excluding hydrogens is 278 g/mol. The lowest BCUT2D eigenvalue weighted by Crippen LogP contribution is -2.16. The van der Waals surface area contributed by atoms with Gasteiger partial charge < -0.3 is 10.4 Å². The van der Waals surface area contributed by atoms with Gasteiger partial charge in [-0.25, -0.2) is 4.79 Å². The lowest BCUT2D eigenvalue weighted by molar-refractivity contribution is -0.384. The molecule has 0 aliphatic carbocycles. The van der Waals surface area contributed by atoms with Crippen molar-refractivity contribution in [2.75, 3.05) is 5.32 Å². The van der Waals surface area contributed by atoms with Crippen LogP contribution in [0.25, 0.3) is 0 Å². The Balaban J connectivity index is 2.40. The van der Waals surface area contributed by atoms with Crippen LogP contribution in [0.5, 0.6) is 0 Å². The van der Waals surface area contributed by atoms with Crippen LogP contribution in [-0.2, 0) is 0 Å². The normalized spacial score (nSPS) is 9.90. The van der Waals surface area contributed by atoms with Gasteiger partial charge >= 0.3 is 5.97 Å². The maximum Gasteiger partial charge on any atom is 0.336 e. The number of nitro groups is 1. The zero-order valence-corrected chi connectivity index (χ0v) is 10.5. The minimum absolute atomic E-state index is 0.291. The van der Waals surface area contributed by atoms with E-state index in [4.69, 9.17) is 5.11 Å². The van der Waals surface area contributed by atoms with Crippen molar-refractivity contribution in [1.82, 2.24) is 4.98 Å². The molecule has 1 amide bonds. The summed E-state index contributed by atoms with van der Waals surface area (Å²) in [6.45, 7) is 0. The maximum absolute atomic E-state index is 12.1. The summed E-state index contributed by atoms with van der Waals surface area (Å²) in [6.07, 6.45) is 2.88. The fourth-order valence-corrected chi connectivity index (χ4v) is 1.66. The van der Waals surface area contributed by atoms with Crippen LogP contribution in [-0.4, -0.2) is 26.9 Å². The number of nitro benzene ring substituents is 1. The molecule has 8 heteroatoms. The summed E-state index contributed by atoms with van der Waals surface area (Å²) in [5, 5.41) is 22.2. The molecule has 0 aliphatic heterocycles. The van der Waals surface area contributed by atoms with E-state index in [9.17, 15) is 19.7 Å². The molecule has 21 heavy (non-hydrogen) atoms. The zero-order valence-electron chi connectivity index (χ0n) is 10.5. The molecule has 8 nitrogen and oxygen atoms in total. The summed E-state index contributed by atoms with van der Waals surface area (Å²) < 4.78 is 0. The molecule has 0 saturated carbocycles. The van der Waals surface area contributed by atoms with E-state index in [2.05, 4.69) is 10.3 Å². The van der Waals surface area contributed by atoms with E-state index in [0.29, 0.717) is 5.69 Å². The second-order valence-corrected chi connectivity index (χ2v) is 3.99. The summed E-state index contributed by atoms with van der Waals surface area (Å²) in [7, 11) is 0. The van der Waals surface area contributed by atoms with Gasteiger partial charge in [0.25, 0.3) is 11.6 Å². The molecule has 0 bridgehead atoms. The molecule has 1 heterocycles. The number of hydrogen-bond donors (Lipinski definition) is 2. The fourth-order valence-electron chi connectivity index (χ4n) is 1.66.